The van der Waals surface area contributed by atoms with Crippen molar-refractivity contribution in [3.05, 3.63) is 108 Å². The van der Waals surface area contributed by atoms with Crippen LogP contribution in [-0.4, -0.2) is 10.6 Å². The molecule has 3 aromatic carbocycles. The molecule has 0 saturated heterocycles. The van der Waals surface area contributed by atoms with Crippen molar-refractivity contribution in [1.29, 1.82) is 0 Å². The van der Waals surface area contributed by atoms with Crippen LogP contribution in [0.15, 0.2) is 85.1 Å². The highest BCUT2D eigenvalue weighted by Gasteiger charge is 2.11. The Bertz CT molecular complexity index is 1070. The van der Waals surface area contributed by atoms with E-state index in [1.807, 2.05) is 18.2 Å². The Hall–Kier alpha value is -2.91. The fraction of sp³-hybridized carbons (Fsp3) is 0.231. The van der Waals surface area contributed by atoms with Crippen molar-refractivity contribution in [2.24, 2.45) is 0 Å². The van der Waals surface area contributed by atoms with Crippen molar-refractivity contribution in [2.75, 3.05) is 0 Å². The highest BCUT2D eigenvalue weighted by atomic mass is 19.1. The number of para-hydroxylation sites is 1. The lowest BCUT2D eigenvalue weighted by atomic mass is 10.1. The molecule has 0 aliphatic carbocycles. The molecule has 4 aromatic rings. The zero-order valence-electron chi connectivity index (χ0n) is 16.8. The Morgan fingerprint density at radius 1 is 0.862 bits per heavy atom. The fourth-order valence-electron chi connectivity index (χ4n) is 3.82. The topological polar surface area (TPSA) is 17.0 Å². The van der Waals surface area contributed by atoms with E-state index < -0.39 is 0 Å². The van der Waals surface area contributed by atoms with Crippen molar-refractivity contribution in [3.8, 4) is 0 Å². The van der Waals surface area contributed by atoms with Crippen molar-refractivity contribution in [1.82, 2.24) is 9.88 Å². The van der Waals surface area contributed by atoms with E-state index >= 15 is 0 Å². The van der Waals surface area contributed by atoms with E-state index in [1.165, 1.54) is 22.6 Å². The van der Waals surface area contributed by atoms with Crippen LogP contribution in [0, 0.1) is 5.82 Å². The van der Waals surface area contributed by atoms with Crippen LogP contribution in [0.2, 0.25) is 0 Å². The van der Waals surface area contributed by atoms with E-state index in [9.17, 15) is 4.39 Å². The van der Waals surface area contributed by atoms with Crippen molar-refractivity contribution in [2.45, 2.75) is 38.9 Å². The van der Waals surface area contributed by atoms with Gasteiger partial charge in [-0.25, -0.2) is 4.39 Å². The van der Waals surface area contributed by atoms with Gasteiger partial charge < -0.3 is 9.88 Å². The van der Waals surface area contributed by atoms with Crippen LogP contribution in [0.3, 0.4) is 0 Å². The number of benzene rings is 3. The largest absolute Gasteiger partial charge is 0.343 e. The summed E-state index contributed by atoms with van der Waals surface area (Å²) in [6.07, 6.45) is 4.33. The summed E-state index contributed by atoms with van der Waals surface area (Å²) < 4.78 is 16.3. The van der Waals surface area contributed by atoms with Gasteiger partial charge in [-0.3, -0.25) is 0 Å². The minimum atomic E-state index is -0.153. The molecule has 0 spiro atoms. The first-order chi connectivity index (χ1) is 14.2. The van der Waals surface area contributed by atoms with Crippen LogP contribution in [0.5, 0.6) is 0 Å². The molecule has 1 heterocycles. The van der Waals surface area contributed by atoms with Gasteiger partial charge in [0.1, 0.15) is 5.82 Å². The lowest BCUT2D eigenvalue weighted by molar-refractivity contribution is 0.514. The third-order valence-electron chi connectivity index (χ3n) is 5.52. The minimum Gasteiger partial charge on any atom is -0.343 e. The predicted octanol–water partition coefficient (Wildman–Crippen LogP) is 5.94. The number of nitrogens with zero attached hydrogens (tertiary/aromatic N) is 1. The van der Waals surface area contributed by atoms with Gasteiger partial charge in [-0.1, -0.05) is 66.7 Å². The van der Waals surface area contributed by atoms with E-state index in [0.717, 1.165) is 24.9 Å². The molecule has 0 unspecified atom stereocenters. The fourth-order valence-corrected chi connectivity index (χ4v) is 3.82. The maximum Gasteiger partial charge on any atom is 0.128 e. The van der Waals surface area contributed by atoms with Gasteiger partial charge in [0.2, 0.25) is 0 Å². The third kappa shape index (κ3) is 4.75. The van der Waals surface area contributed by atoms with Gasteiger partial charge in [-0.05, 0) is 43.0 Å². The number of hydrogen-bond acceptors (Lipinski definition) is 1. The summed E-state index contributed by atoms with van der Waals surface area (Å²) in [6, 6.07) is 26.4. The summed E-state index contributed by atoms with van der Waals surface area (Å²) in [4.78, 5) is 0. The highest BCUT2D eigenvalue weighted by Crippen LogP contribution is 2.23. The minimum absolute atomic E-state index is 0.153. The lowest BCUT2D eigenvalue weighted by Gasteiger charge is -2.13. The number of nitrogens with one attached hydrogen (secondary N) is 1. The second-order valence-corrected chi connectivity index (χ2v) is 7.70. The summed E-state index contributed by atoms with van der Waals surface area (Å²) in [5, 5.41) is 4.89. The van der Waals surface area contributed by atoms with Gasteiger partial charge in [0.25, 0.3) is 0 Å². The molecule has 1 N–H and O–H groups in total. The molecular formula is C26H27FN2. The van der Waals surface area contributed by atoms with E-state index in [0.29, 0.717) is 18.2 Å². The van der Waals surface area contributed by atoms with Gasteiger partial charge in [-0.2, -0.15) is 0 Å². The van der Waals surface area contributed by atoms with Gasteiger partial charge in [0, 0.05) is 35.2 Å². The molecule has 0 fully saturated rings. The SMILES string of the molecule is C[C@@H](CCc1ccccc1)NCc1cn(Cc2ccccc2F)c2ccccc12. The maximum absolute atomic E-state index is 14.1. The maximum atomic E-state index is 14.1. The molecule has 0 amide bonds. The number of aromatic nitrogens is 1. The number of halogens is 1. The average molecular weight is 387 g/mol. The average Bonchev–Trinajstić information content (AvgIpc) is 3.11. The van der Waals surface area contributed by atoms with Crippen LogP contribution < -0.4 is 5.32 Å². The van der Waals surface area contributed by atoms with Crippen LogP contribution in [0.4, 0.5) is 4.39 Å². The molecule has 0 aliphatic rings. The Labute approximate surface area is 172 Å². The second kappa shape index (κ2) is 9.06. The molecule has 0 aliphatic heterocycles. The molecule has 4 rings (SSSR count). The van der Waals surface area contributed by atoms with Gasteiger partial charge in [0.05, 0.1) is 6.54 Å². The van der Waals surface area contributed by atoms with Crippen LogP contribution in [0.1, 0.15) is 30.0 Å². The Balaban J connectivity index is 1.45. The van der Waals surface area contributed by atoms with E-state index in [1.54, 1.807) is 6.07 Å². The normalized spacial score (nSPS) is 12.3. The molecule has 29 heavy (non-hydrogen) atoms. The molecule has 3 heteroatoms. The van der Waals surface area contributed by atoms with Gasteiger partial charge >= 0.3 is 0 Å². The summed E-state index contributed by atoms with van der Waals surface area (Å²) in [7, 11) is 0. The van der Waals surface area contributed by atoms with Crippen LogP contribution in [0.25, 0.3) is 10.9 Å². The molecule has 1 atom stereocenters. The van der Waals surface area contributed by atoms with Crippen molar-refractivity contribution < 1.29 is 4.39 Å². The zero-order valence-corrected chi connectivity index (χ0v) is 16.8. The summed E-state index contributed by atoms with van der Waals surface area (Å²) >= 11 is 0. The van der Waals surface area contributed by atoms with Gasteiger partial charge in [-0.15, -0.1) is 0 Å². The van der Waals surface area contributed by atoms with Crippen LogP contribution >= 0.6 is 0 Å². The first kappa shape index (κ1) is 19.4. The first-order valence-electron chi connectivity index (χ1n) is 10.3. The number of hydrogen-bond donors (Lipinski definition) is 1. The predicted molar refractivity (Wildman–Crippen MR) is 119 cm³/mol. The monoisotopic (exact) mass is 386 g/mol. The second-order valence-electron chi connectivity index (χ2n) is 7.70. The standard InChI is InChI=1S/C26H27FN2/c1-20(15-16-21-9-3-2-4-10-21)28-17-23-19-29(26-14-8-6-12-24(23)26)18-22-11-5-7-13-25(22)27/h2-14,19-20,28H,15-18H2,1H3/t20-/m0/s1. The molecule has 1 aromatic heterocycles. The quantitative estimate of drug-likeness (QED) is 0.396. The molecule has 2 nitrogen and oxygen atoms in total. The van der Waals surface area contributed by atoms with Gasteiger partial charge in [0.15, 0.2) is 0 Å². The summed E-state index contributed by atoms with van der Waals surface area (Å²) in [5.41, 5.74) is 4.49. The summed E-state index contributed by atoms with van der Waals surface area (Å²) in [6.45, 7) is 3.58. The number of fused-ring (bicyclic) bond motifs is 1. The lowest BCUT2D eigenvalue weighted by Crippen LogP contribution is -2.25. The van der Waals surface area contributed by atoms with Crippen LogP contribution in [-0.2, 0) is 19.5 Å². The molecular weight excluding hydrogens is 359 g/mol. The van der Waals surface area contributed by atoms with Crippen molar-refractivity contribution in [3.63, 3.8) is 0 Å². The number of rotatable bonds is 8. The third-order valence-corrected chi connectivity index (χ3v) is 5.52. The molecule has 0 bridgehead atoms. The van der Waals surface area contributed by atoms with E-state index in [4.69, 9.17) is 0 Å². The van der Waals surface area contributed by atoms with Crippen molar-refractivity contribution >= 4 is 10.9 Å². The molecule has 148 valence electrons. The molecule has 0 radical (unpaired) electrons. The zero-order chi connectivity index (χ0) is 20.1. The Morgan fingerprint density at radius 2 is 1.59 bits per heavy atom. The summed E-state index contributed by atoms with van der Waals surface area (Å²) in [5.74, 6) is -0.153. The highest BCUT2D eigenvalue weighted by molar-refractivity contribution is 5.84. The smallest absolute Gasteiger partial charge is 0.128 e. The number of aryl methyl sites for hydroxylation is 1. The molecule has 0 saturated carbocycles. The first-order valence-corrected chi connectivity index (χ1v) is 10.3. The van der Waals surface area contributed by atoms with E-state index in [-0.39, 0.29) is 5.82 Å². The van der Waals surface area contributed by atoms with E-state index in [2.05, 4.69) is 71.5 Å². The Kier molecular flexibility index (Phi) is 6.06. The Morgan fingerprint density at radius 3 is 2.41 bits per heavy atom.